The monoisotopic (exact) mass is 271 g/mol. The maximum absolute atomic E-state index is 13.3. The van der Waals surface area contributed by atoms with Crippen LogP contribution in [0.15, 0.2) is 42.5 Å². The van der Waals surface area contributed by atoms with Crippen molar-refractivity contribution in [1.82, 2.24) is 0 Å². The summed E-state index contributed by atoms with van der Waals surface area (Å²) in [6.45, 7) is 2.70. The Morgan fingerprint density at radius 2 is 1.75 bits per heavy atom. The standard InChI is InChI=1S/C16H14FNO2/c1-2-7-19-14-3-5-15(6-4-14)20-16-9-12(11-18)8-13(17)10-16/h3-6,8-10H,2,7H2,1H3. The minimum atomic E-state index is -0.498. The summed E-state index contributed by atoms with van der Waals surface area (Å²) in [5, 5.41) is 8.78. The molecule has 0 spiro atoms. The van der Waals surface area contributed by atoms with Gasteiger partial charge in [0.1, 0.15) is 23.1 Å². The molecule has 2 aromatic carbocycles. The molecule has 4 heteroatoms. The van der Waals surface area contributed by atoms with Crippen molar-refractivity contribution >= 4 is 0 Å². The minimum Gasteiger partial charge on any atom is -0.494 e. The average Bonchev–Trinajstić information content (AvgIpc) is 2.46. The molecule has 0 aliphatic heterocycles. The van der Waals surface area contributed by atoms with Crippen LogP contribution in [-0.4, -0.2) is 6.61 Å². The molecule has 0 atom stereocenters. The van der Waals surface area contributed by atoms with E-state index >= 15 is 0 Å². The third-order valence-electron chi connectivity index (χ3n) is 2.53. The van der Waals surface area contributed by atoms with Crippen LogP contribution in [-0.2, 0) is 0 Å². The Hall–Kier alpha value is -2.54. The number of hydrogen-bond donors (Lipinski definition) is 0. The number of rotatable bonds is 5. The van der Waals surface area contributed by atoms with Crippen LogP contribution in [0.25, 0.3) is 0 Å². The van der Waals surface area contributed by atoms with Crippen LogP contribution in [0, 0.1) is 17.1 Å². The number of halogens is 1. The molecule has 0 aliphatic rings. The van der Waals surface area contributed by atoms with E-state index in [2.05, 4.69) is 0 Å². The molecule has 0 unspecified atom stereocenters. The lowest BCUT2D eigenvalue weighted by atomic mass is 10.2. The summed E-state index contributed by atoms with van der Waals surface area (Å²) in [6, 6.07) is 12.8. The van der Waals surface area contributed by atoms with Crippen LogP contribution in [0.2, 0.25) is 0 Å². The second-order valence-corrected chi connectivity index (χ2v) is 4.21. The minimum absolute atomic E-state index is 0.225. The smallest absolute Gasteiger partial charge is 0.131 e. The Labute approximate surface area is 117 Å². The third kappa shape index (κ3) is 3.72. The SMILES string of the molecule is CCCOc1ccc(Oc2cc(F)cc(C#N)c2)cc1. The van der Waals surface area contributed by atoms with E-state index in [4.69, 9.17) is 14.7 Å². The third-order valence-corrected chi connectivity index (χ3v) is 2.53. The van der Waals surface area contributed by atoms with Gasteiger partial charge in [0.25, 0.3) is 0 Å². The van der Waals surface area contributed by atoms with E-state index in [0.717, 1.165) is 18.2 Å². The number of nitriles is 1. The van der Waals surface area contributed by atoms with Crippen LogP contribution < -0.4 is 9.47 Å². The van der Waals surface area contributed by atoms with Gasteiger partial charge in [-0.3, -0.25) is 0 Å². The molecular weight excluding hydrogens is 257 g/mol. The highest BCUT2D eigenvalue weighted by Gasteiger charge is 2.03. The van der Waals surface area contributed by atoms with Gasteiger partial charge in [0, 0.05) is 6.07 Å². The Balaban J connectivity index is 2.10. The summed E-state index contributed by atoms with van der Waals surface area (Å²) in [5.74, 6) is 1.12. The number of ether oxygens (including phenoxy) is 2. The fourth-order valence-electron chi connectivity index (χ4n) is 1.65. The van der Waals surface area contributed by atoms with Gasteiger partial charge >= 0.3 is 0 Å². The van der Waals surface area contributed by atoms with Crippen molar-refractivity contribution in [3.8, 4) is 23.3 Å². The van der Waals surface area contributed by atoms with Crippen molar-refractivity contribution in [3.05, 3.63) is 53.8 Å². The fraction of sp³-hybridized carbons (Fsp3) is 0.188. The fourth-order valence-corrected chi connectivity index (χ4v) is 1.65. The van der Waals surface area contributed by atoms with E-state index in [1.165, 1.54) is 12.1 Å². The van der Waals surface area contributed by atoms with Gasteiger partial charge in [0.15, 0.2) is 0 Å². The van der Waals surface area contributed by atoms with Crippen molar-refractivity contribution in [2.24, 2.45) is 0 Å². The molecule has 0 N–H and O–H groups in total. The summed E-state index contributed by atoms with van der Waals surface area (Å²) in [5.41, 5.74) is 0.225. The van der Waals surface area contributed by atoms with E-state index < -0.39 is 5.82 Å². The van der Waals surface area contributed by atoms with Gasteiger partial charge in [-0.2, -0.15) is 5.26 Å². The van der Waals surface area contributed by atoms with Crippen molar-refractivity contribution < 1.29 is 13.9 Å². The van der Waals surface area contributed by atoms with Gasteiger partial charge in [-0.1, -0.05) is 6.92 Å². The van der Waals surface area contributed by atoms with Crippen LogP contribution >= 0.6 is 0 Å². The number of benzene rings is 2. The number of nitrogens with zero attached hydrogens (tertiary/aromatic N) is 1. The van der Waals surface area contributed by atoms with Crippen LogP contribution in [0.1, 0.15) is 18.9 Å². The van der Waals surface area contributed by atoms with Crippen molar-refractivity contribution in [1.29, 1.82) is 5.26 Å². The molecule has 0 aliphatic carbocycles. The molecule has 2 rings (SSSR count). The summed E-state index contributed by atoms with van der Waals surface area (Å²) >= 11 is 0. The molecule has 20 heavy (non-hydrogen) atoms. The van der Waals surface area contributed by atoms with Crippen molar-refractivity contribution in [3.63, 3.8) is 0 Å². The summed E-state index contributed by atoms with van der Waals surface area (Å²) in [4.78, 5) is 0. The van der Waals surface area contributed by atoms with Crippen LogP contribution in [0.4, 0.5) is 4.39 Å². The lowest BCUT2D eigenvalue weighted by Gasteiger charge is -2.08. The molecule has 0 saturated carbocycles. The lowest BCUT2D eigenvalue weighted by Crippen LogP contribution is -1.94. The highest BCUT2D eigenvalue weighted by Crippen LogP contribution is 2.25. The van der Waals surface area contributed by atoms with Crippen molar-refractivity contribution in [2.75, 3.05) is 6.61 Å². The van der Waals surface area contributed by atoms with Gasteiger partial charge in [0.05, 0.1) is 18.2 Å². The Kier molecular flexibility index (Phi) is 4.56. The molecule has 0 aromatic heterocycles. The Morgan fingerprint density at radius 3 is 2.40 bits per heavy atom. The molecule has 0 radical (unpaired) electrons. The lowest BCUT2D eigenvalue weighted by molar-refractivity contribution is 0.317. The summed E-state index contributed by atoms with van der Waals surface area (Å²) in [6.07, 6.45) is 0.943. The van der Waals surface area contributed by atoms with Gasteiger partial charge in [-0.05, 0) is 42.8 Å². The van der Waals surface area contributed by atoms with Crippen LogP contribution in [0.3, 0.4) is 0 Å². The Bertz CT molecular complexity index is 617. The van der Waals surface area contributed by atoms with Gasteiger partial charge in [-0.15, -0.1) is 0 Å². The maximum atomic E-state index is 13.3. The molecule has 3 nitrogen and oxygen atoms in total. The molecule has 0 saturated heterocycles. The second-order valence-electron chi connectivity index (χ2n) is 4.21. The van der Waals surface area contributed by atoms with E-state index in [9.17, 15) is 4.39 Å². The maximum Gasteiger partial charge on any atom is 0.131 e. The largest absolute Gasteiger partial charge is 0.494 e. The Morgan fingerprint density at radius 1 is 1.05 bits per heavy atom. The van der Waals surface area contributed by atoms with Gasteiger partial charge in [-0.25, -0.2) is 4.39 Å². The van der Waals surface area contributed by atoms with Gasteiger partial charge in [0.2, 0.25) is 0 Å². The second kappa shape index (κ2) is 6.58. The van der Waals surface area contributed by atoms with E-state index in [1.54, 1.807) is 24.3 Å². The zero-order valence-corrected chi connectivity index (χ0v) is 11.1. The van der Waals surface area contributed by atoms with E-state index in [-0.39, 0.29) is 5.56 Å². The number of hydrogen-bond acceptors (Lipinski definition) is 3. The molecular formula is C16H14FNO2. The summed E-state index contributed by atoms with van der Waals surface area (Å²) < 4.78 is 24.2. The first-order valence-corrected chi connectivity index (χ1v) is 6.32. The van der Waals surface area contributed by atoms with E-state index in [0.29, 0.717) is 18.1 Å². The first-order valence-electron chi connectivity index (χ1n) is 6.32. The quantitative estimate of drug-likeness (QED) is 0.815. The predicted octanol–water partition coefficient (Wildman–Crippen LogP) is 4.28. The zero-order valence-electron chi connectivity index (χ0n) is 11.1. The first-order chi connectivity index (χ1) is 9.71. The predicted molar refractivity (Wildman–Crippen MR) is 73.4 cm³/mol. The topological polar surface area (TPSA) is 42.2 Å². The summed E-state index contributed by atoms with van der Waals surface area (Å²) in [7, 11) is 0. The normalized spacial score (nSPS) is 9.85. The average molecular weight is 271 g/mol. The first kappa shape index (κ1) is 13.9. The molecule has 0 bridgehead atoms. The molecule has 0 amide bonds. The highest BCUT2D eigenvalue weighted by molar-refractivity contribution is 5.40. The molecule has 0 fully saturated rings. The van der Waals surface area contributed by atoms with E-state index in [1.807, 2.05) is 13.0 Å². The zero-order chi connectivity index (χ0) is 14.4. The molecule has 102 valence electrons. The van der Waals surface area contributed by atoms with Crippen LogP contribution in [0.5, 0.6) is 17.2 Å². The highest BCUT2D eigenvalue weighted by atomic mass is 19.1. The van der Waals surface area contributed by atoms with Crippen molar-refractivity contribution in [2.45, 2.75) is 13.3 Å². The van der Waals surface area contributed by atoms with Gasteiger partial charge < -0.3 is 9.47 Å². The molecule has 0 heterocycles. The molecule has 2 aromatic rings.